The van der Waals surface area contributed by atoms with Gasteiger partial charge in [0.25, 0.3) is 0 Å². The minimum Gasteiger partial charge on any atom is -0.480 e. The normalized spacial score (nSPS) is 10.5. The maximum Gasteiger partial charge on any atom is 0.325 e. The Morgan fingerprint density at radius 2 is 2.38 bits per heavy atom. The van der Waals surface area contributed by atoms with E-state index >= 15 is 0 Å². The number of nitrogens with zero attached hydrogens (tertiary/aromatic N) is 1. The third kappa shape index (κ3) is 3.85. The first-order valence-corrected chi connectivity index (χ1v) is 4.45. The molecular weight excluding hydrogens is 234 g/mol. The van der Waals surface area contributed by atoms with Crippen LogP contribution >= 0.6 is 15.9 Å². The summed E-state index contributed by atoms with van der Waals surface area (Å²) in [6.07, 6.45) is 1.54. The van der Waals surface area contributed by atoms with Crippen LogP contribution in [0.25, 0.3) is 0 Å². The fourth-order valence-corrected chi connectivity index (χ4v) is 1.23. The molecule has 1 N–H and O–H groups in total. The van der Waals surface area contributed by atoms with Crippen molar-refractivity contribution < 1.29 is 9.90 Å². The number of carboxylic acids is 1. The number of hydrogen-bond donors (Lipinski definition) is 1. The van der Waals surface area contributed by atoms with E-state index in [1.54, 1.807) is 6.21 Å². The second-order valence-electron chi connectivity index (χ2n) is 2.42. The van der Waals surface area contributed by atoms with Crippen molar-refractivity contribution in [2.45, 2.75) is 0 Å². The summed E-state index contributed by atoms with van der Waals surface area (Å²) in [7, 11) is 0. The molecule has 0 saturated carbocycles. The summed E-state index contributed by atoms with van der Waals surface area (Å²) in [5.74, 6) is -0.925. The molecule has 68 valence electrons. The fraction of sp³-hybridized carbons (Fsp3) is 0.111. The zero-order chi connectivity index (χ0) is 9.68. The van der Waals surface area contributed by atoms with Gasteiger partial charge >= 0.3 is 5.97 Å². The average molecular weight is 242 g/mol. The van der Waals surface area contributed by atoms with E-state index in [1.807, 2.05) is 24.3 Å². The number of carbonyl (C=O) groups is 1. The monoisotopic (exact) mass is 241 g/mol. The van der Waals surface area contributed by atoms with E-state index in [0.29, 0.717) is 0 Å². The van der Waals surface area contributed by atoms with Gasteiger partial charge in [0.1, 0.15) is 6.54 Å². The van der Waals surface area contributed by atoms with E-state index in [4.69, 9.17) is 5.11 Å². The van der Waals surface area contributed by atoms with Gasteiger partial charge in [-0.15, -0.1) is 0 Å². The first-order chi connectivity index (χ1) is 6.18. The Bertz CT molecular complexity index is 336. The molecule has 0 saturated heterocycles. The van der Waals surface area contributed by atoms with Crippen molar-refractivity contribution in [2.75, 3.05) is 6.54 Å². The number of hydrogen-bond acceptors (Lipinski definition) is 2. The van der Waals surface area contributed by atoms with Crippen LogP contribution in [-0.2, 0) is 4.79 Å². The second kappa shape index (κ2) is 4.77. The summed E-state index contributed by atoms with van der Waals surface area (Å²) in [4.78, 5) is 13.9. The van der Waals surface area contributed by atoms with Crippen LogP contribution in [0, 0.1) is 0 Å². The zero-order valence-electron chi connectivity index (χ0n) is 6.77. The maximum absolute atomic E-state index is 10.1. The van der Waals surface area contributed by atoms with Crippen LogP contribution in [0.2, 0.25) is 0 Å². The Morgan fingerprint density at radius 3 is 3.00 bits per heavy atom. The lowest BCUT2D eigenvalue weighted by Gasteiger charge is -1.92. The van der Waals surface area contributed by atoms with Crippen LogP contribution in [0.1, 0.15) is 5.56 Å². The highest BCUT2D eigenvalue weighted by Gasteiger charge is 1.91. The van der Waals surface area contributed by atoms with Crippen LogP contribution < -0.4 is 0 Å². The van der Waals surface area contributed by atoms with Gasteiger partial charge < -0.3 is 5.11 Å². The van der Waals surface area contributed by atoms with E-state index in [1.165, 1.54) is 0 Å². The second-order valence-corrected chi connectivity index (χ2v) is 3.33. The lowest BCUT2D eigenvalue weighted by Crippen LogP contribution is -1.99. The molecule has 3 nitrogen and oxygen atoms in total. The van der Waals surface area contributed by atoms with Gasteiger partial charge in [0.15, 0.2) is 0 Å². The van der Waals surface area contributed by atoms with E-state index in [9.17, 15) is 4.79 Å². The smallest absolute Gasteiger partial charge is 0.325 e. The molecule has 0 fully saturated rings. The van der Waals surface area contributed by atoms with Crippen LogP contribution in [0.15, 0.2) is 33.7 Å². The van der Waals surface area contributed by atoms with E-state index in [0.717, 1.165) is 10.0 Å². The van der Waals surface area contributed by atoms with Gasteiger partial charge in [0, 0.05) is 10.7 Å². The summed E-state index contributed by atoms with van der Waals surface area (Å²) in [6, 6.07) is 7.49. The van der Waals surface area contributed by atoms with Crippen LogP contribution in [0.5, 0.6) is 0 Å². The Hall–Kier alpha value is -1.16. The molecule has 4 heteroatoms. The summed E-state index contributed by atoms with van der Waals surface area (Å²) < 4.78 is 0.951. The van der Waals surface area contributed by atoms with Gasteiger partial charge in [-0.05, 0) is 17.7 Å². The highest BCUT2D eigenvalue weighted by atomic mass is 79.9. The van der Waals surface area contributed by atoms with Gasteiger partial charge in [0.05, 0.1) is 0 Å². The van der Waals surface area contributed by atoms with Crippen molar-refractivity contribution in [3.05, 3.63) is 34.3 Å². The highest BCUT2D eigenvalue weighted by molar-refractivity contribution is 9.10. The van der Waals surface area contributed by atoms with Gasteiger partial charge in [0.2, 0.25) is 0 Å². The van der Waals surface area contributed by atoms with Crippen molar-refractivity contribution in [1.82, 2.24) is 0 Å². The number of carboxylic acid groups (broad SMARTS) is 1. The Kier molecular flexibility index (Phi) is 3.64. The van der Waals surface area contributed by atoms with E-state index < -0.39 is 5.97 Å². The van der Waals surface area contributed by atoms with Crippen molar-refractivity contribution >= 4 is 28.1 Å². The molecule has 0 aromatic heterocycles. The molecule has 1 rings (SSSR count). The molecule has 0 atom stereocenters. The van der Waals surface area contributed by atoms with Crippen molar-refractivity contribution in [3.63, 3.8) is 0 Å². The Morgan fingerprint density at radius 1 is 1.62 bits per heavy atom. The quantitative estimate of drug-likeness (QED) is 0.823. The third-order valence-corrected chi connectivity index (χ3v) is 1.81. The van der Waals surface area contributed by atoms with Gasteiger partial charge in [-0.25, -0.2) is 0 Å². The summed E-state index contributed by atoms with van der Waals surface area (Å²) >= 11 is 3.30. The predicted octanol–water partition coefficient (Wildman–Crippen LogP) is 1.95. The minimum atomic E-state index is -0.925. The number of rotatable bonds is 3. The molecule has 0 bridgehead atoms. The molecule has 0 heterocycles. The summed E-state index contributed by atoms with van der Waals surface area (Å²) in [6.45, 7) is -0.188. The van der Waals surface area contributed by atoms with Crippen LogP contribution in [-0.4, -0.2) is 23.8 Å². The molecule has 1 aromatic rings. The van der Waals surface area contributed by atoms with Crippen molar-refractivity contribution in [1.29, 1.82) is 0 Å². The van der Waals surface area contributed by atoms with Crippen LogP contribution in [0.4, 0.5) is 0 Å². The fourth-order valence-electron chi connectivity index (χ4n) is 0.816. The Balaban J connectivity index is 2.63. The minimum absolute atomic E-state index is 0.188. The first kappa shape index (κ1) is 9.92. The maximum atomic E-state index is 10.1. The predicted molar refractivity (Wildman–Crippen MR) is 54.2 cm³/mol. The van der Waals surface area contributed by atoms with E-state index in [2.05, 4.69) is 20.9 Å². The number of aliphatic carboxylic acids is 1. The van der Waals surface area contributed by atoms with Gasteiger partial charge in [-0.3, -0.25) is 9.79 Å². The standard InChI is InChI=1S/C9H8BrNO2/c10-8-3-1-2-7(4-8)5-11-6-9(12)13/h1-5H,6H2,(H,12,13). The summed E-state index contributed by atoms with van der Waals surface area (Å²) in [5.41, 5.74) is 0.885. The first-order valence-electron chi connectivity index (χ1n) is 3.65. The molecule has 0 unspecified atom stereocenters. The van der Waals surface area contributed by atoms with Gasteiger partial charge in [-0.1, -0.05) is 28.1 Å². The molecule has 0 spiro atoms. The molecular formula is C9H8BrNO2. The number of halogens is 1. The largest absolute Gasteiger partial charge is 0.480 e. The third-order valence-electron chi connectivity index (χ3n) is 1.32. The molecule has 0 aliphatic carbocycles. The van der Waals surface area contributed by atoms with E-state index in [-0.39, 0.29) is 6.54 Å². The molecule has 0 radical (unpaired) electrons. The van der Waals surface area contributed by atoms with Crippen LogP contribution in [0.3, 0.4) is 0 Å². The SMILES string of the molecule is O=C(O)CN=Cc1cccc(Br)c1. The summed E-state index contributed by atoms with van der Waals surface area (Å²) in [5, 5.41) is 8.32. The lowest BCUT2D eigenvalue weighted by atomic mass is 10.2. The Labute approximate surface area is 84.2 Å². The molecule has 1 aromatic carbocycles. The molecule has 0 aliphatic rings. The van der Waals surface area contributed by atoms with Crippen molar-refractivity contribution in [3.8, 4) is 0 Å². The van der Waals surface area contributed by atoms with Crippen molar-refractivity contribution in [2.24, 2.45) is 4.99 Å². The molecule has 0 aliphatic heterocycles. The number of benzene rings is 1. The molecule has 13 heavy (non-hydrogen) atoms. The topological polar surface area (TPSA) is 49.7 Å². The highest BCUT2D eigenvalue weighted by Crippen LogP contribution is 2.09. The lowest BCUT2D eigenvalue weighted by molar-refractivity contribution is -0.135. The van der Waals surface area contributed by atoms with Gasteiger partial charge in [-0.2, -0.15) is 0 Å². The number of aliphatic imine (C=N–C) groups is 1. The zero-order valence-corrected chi connectivity index (χ0v) is 8.36. The average Bonchev–Trinajstić information content (AvgIpc) is 2.03. The molecule has 0 amide bonds.